The molecule has 0 radical (unpaired) electrons. The molecule has 1 unspecified atom stereocenters. The maximum Gasteiger partial charge on any atom is 0.326 e. The van der Waals surface area contributed by atoms with Gasteiger partial charge >= 0.3 is 5.97 Å². The third-order valence-electron chi connectivity index (χ3n) is 3.98. The average Bonchev–Trinajstić information content (AvgIpc) is 2.94. The molecule has 3 rings (SSSR count). The lowest BCUT2D eigenvalue weighted by Crippen LogP contribution is -2.32. The molecule has 24 heavy (non-hydrogen) atoms. The zero-order chi connectivity index (χ0) is 17.3. The summed E-state index contributed by atoms with van der Waals surface area (Å²) in [6.07, 6.45) is 1.93. The maximum atomic E-state index is 12.7. The van der Waals surface area contributed by atoms with Gasteiger partial charge in [0.15, 0.2) is 5.65 Å². The van der Waals surface area contributed by atoms with E-state index in [1.807, 2.05) is 30.3 Å². The lowest BCUT2D eigenvalue weighted by Gasteiger charge is -2.15. The molecule has 124 valence electrons. The molecule has 1 N–H and O–H groups in total. The van der Waals surface area contributed by atoms with Crippen molar-refractivity contribution >= 4 is 17.0 Å². The molecule has 0 amide bonds. The van der Waals surface area contributed by atoms with Gasteiger partial charge in [0.25, 0.3) is 5.56 Å². The van der Waals surface area contributed by atoms with Crippen molar-refractivity contribution in [3.8, 4) is 0 Å². The molecule has 0 spiro atoms. The molecule has 0 aliphatic rings. The molecule has 7 nitrogen and oxygen atoms in total. The third-order valence-corrected chi connectivity index (χ3v) is 3.98. The van der Waals surface area contributed by atoms with Crippen molar-refractivity contribution in [3.63, 3.8) is 0 Å². The standard InChI is InChI=1S/C17H18N4O3/c1-3-14(17(23)24)21-11(2)18-15-13(16(21)22)10-20(19-15)9-12-7-5-4-6-8-12/h4-8,10,14H,3,9H2,1-2H3,(H,23,24). The van der Waals surface area contributed by atoms with Gasteiger partial charge in [0.2, 0.25) is 0 Å². The number of fused-ring (bicyclic) bond motifs is 1. The first kappa shape index (κ1) is 15.9. The molecule has 3 aromatic rings. The van der Waals surface area contributed by atoms with E-state index in [9.17, 15) is 14.7 Å². The SMILES string of the molecule is CCC(C(=O)O)n1c(C)nc2nn(Cc3ccccc3)cc2c1=O. The van der Waals surface area contributed by atoms with Crippen LogP contribution < -0.4 is 5.56 Å². The minimum absolute atomic E-state index is 0.307. The van der Waals surface area contributed by atoms with E-state index < -0.39 is 12.0 Å². The Hall–Kier alpha value is -2.96. The van der Waals surface area contributed by atoms with Crippen molar-refractivity contribution in [1.82, 2.24) is 19.3 Å². The van der Waals surface area contributed by atoms with E-state index >= 15 is 0 Å². The van der Waals surface area contributed by atoms with Gasteiger partial charge in [0, 0.05) is 6.20 Å². The molecular weight excluding hydrogens is 308 g/mol. The van der Waals surface area contributed by atoms with Crippen LogP contribution in [0.1, 0.15) is 30.8 Å². The normalized spacial score (nSPS) is 12.4. The zero-order valence-corrected chi connectivity index (χ0v) is 13.5. The van der Waals surface area contributed by atoms with Crippen LogP contribution >= 0.6 is 0 Å². The van der Waals surface area contributed by atoms with Crippen LogP contribution in [0.2, 0.25) is 0 Å². The highest BCUT2D eigenvalue weighted by Crippen LogP contribution is 2.14. The van der Waals surface area contributed by atoms with E-state index in [4.69, 9.17) is 0 Å². The van der Waals surface area contributed by atoms with Crippen LogP contribution in [-0.2, 0) is 11.3 Å². The van der Waals surface area contributed by atoms with Crippen LogP contribution in [0.25, 0.3) is 11.0 Å². The lowest BCUT2D eigenvalue weighted by atomic mass is 10.2. The number of nitrogens with zero attached hydrogens (tertiary/aromatic N) is 4. The molecule has 0 aliphatic heterocycles. The van der Waals surface area contributed by atoms with E-state index in [1.54, 1.807) is 24.7 Å². The third kappa shape index (κ3) is 2.80. The van der Waals surface area contributed by atoms with Gasteiger partial charge in [-0.1, -0.05) is 37.3 Å². The Kier molecular flexibility index (Phi) is 4.16. The zero-order valence-electron chi connectivity index (χ0n) is 13.5. The summed E-state index contributed by atoms with van der Waals surface area (Å²) in [5.41, 5.74) is 1.02. The summed E-state index contributed by atoms with van der Waals surface area (Å²) >= 11 is 0. The second kappa shape index (κ2) is 6.27. The van der Waals surface area contributed by atoms with Crippen molar-refractivity contribution < 1.29 is 9.90 Å². The second-order valence-corrected chi connectivity index (χ2v) is 5.65. The molecule has 2 heterocycles. The molecule has 0 fully saturated rings. The van der Waals surface area contributed by atoms with Crippen LogP contribution in [0, 0.1) is 6.92 Å². The molecule has 0 saturated heterocycles. The number of aromatic nitrogens is 4. The van der Waals surface area contributed by atoms with E-state index in [2.05, 4.69) is 10.1 Å². The van der Waals surface area contributed by atoms with Crippen molar-refractivity contribution in [2.24, 2.45) is 0 Å². The Bertz CT molecular complexity index is 944. The van der Waals surface area contributed by atoms with E-state index in [1.165, 1.54) is 4.57 Å². The first-order valence-corrected chi connectivity index (χ1v) is 7.74. The Balaban J connectivity index is 2.09. The van der Waals surface area contributed by atoms with Gasteiger partial charge in [-0.3, -0.25) is 14.0 Å². The summed E-state index contributed by atoms with van der Waals surface area (Å²) in [5, 5.41) is 14.0. The smallest absolute Gasteiger partial charge is 0.326 e. The summed E-state index contributed by atoms with van der Waals surface area (Å²) in [6.45, 7) is 3.88. The summed E-state index contributed by atoms with van der Waals surface area (Å²) in [7, 11) is 0. The summed E-state index contributed by atoms with van der Waals surface area (Å²) in [4.78, 5) is 28.5. The molecular formula is C17H18N4O3. The molecule has 0 bridgehead atoms. The highest BCUT2D eigenvalue weighted by molar-refractivity contribution is 5.75. The van der Waals surface area contributed by atoms with Crippen LogP contribution in [-0.4, -0.2) is 30.4 Å². The maximum absolute atomic E-state index is 12.7. The fraction of sp³-hybridized carbons (Fsp3) is 0.294. The molecule has 0 aliphatic carbocycles. The van der Waals surface area contributed by atoms with Gasteiger partial charge in [-0.05, 0) is 18.9 Å². The van der Waals surface area contributed by atoms with Crippen molar-refractivity contribution in [2.75, 3.05) is 0 Å². The molecule has 0 saturated carbocycles. The number of benzene rings is 1. The van der Waals surface area contributed by atoms with Gasteiger partial charge in [0.05, 0.1) is 6.54 Å². The van der Waals surface area contributed by atoms with Crippen molar-refractivity contribution in [1.29, 1.82) is 0 Å². The first-order valence-electron chi connectivity index (χ1n) is 7.74. The summed E-state index contributed by atoms with van der Waals surface area (Å²) in [6, 6.07) is 8.83. The van der Waals surface area contributed by atoms with Crippen LogP contribution in [0.15, 0.2) is 41.3 Å². The number of carboxylic acids is 1. The molecule has 2 aromatic heterocycles. The fourth-order valence-electron chi connectivity index (χ4n) is 2.81. The predicted molar refractivity (Wildman–Crippen MR) is 89.0 cm³/mol. The van der Waals surface area contributed by atoms with E-state index in [-0.39, 0.29) is 5.56 Å². The van der Waals surface area contributed by atoms with Gasteiger partial charge < -0.3 is 5.11 Å². The van der Waals surface area contributed by atoms with E-state index in [0.29, 0.717) is 29.8 Å². The van der Waals surface area contributed by atoms with E-state index in [0.717, 1.165) is 5.56 Å². The molecule has 1 aromatic carbocycles. The number of hydrogen-bond acceptors (Lipinski definition) is 4. The highest BCUT2D eigenvalue weighted by Gasteiger charge is 2.23. The number of aryl methyl sites for hydroxylation is 1. The van der Waals surface area contributed by atoms with Crippen LogP contribution in [0.4, 0.5) is 0 Å². The topological polar surface area (TPSA) is 90.0 Å². The Morgan fingerprint density at radius 1 is 1.29 bits per heavy atom. The summed E-state index contributed by atoms with van der Waals surface area (Å²) < 4.78 is 2.89. The quantitative estimate of drug-likeness (QED) is 0.774. The molecule has 7 heteroatoms. The minimum atomic E-state index is -1.04. The Morgan fingerprint density at radius 3 is 2.62 bits per heavy atom. The predicted octanol–water partition coefficient (Wildman–Crippen LogP) is 1.99. The van der Waals surface area contributed by atoms with Crippen molar-refractivity contribution in [2.45, 2.75) is 32.9 Å². The largest absolute Gasteiger partial charge is 0.480 e. The van der Waals surface area contributed by atoms with Gasteiger partial charge in [-0.15, -0.1) is 0 Å². The number of carboxylic acid groups (broad SMARTS) is 1. The molecule has 1 atom stereocenters. The van der Waals surface area contributed by atoms with Gasteiger partial charge in [-0.25, -0.2) is 9.78 Å². The second-order valence-electron chi connectivity index (χ2n) is 5.65. The Labute approximate surface area is 138 Å². The summed E-state index contributed by atoms with van der Waals surface area (Å²) in [5.74, 6) is -0.688. The lowest BCUT2D eigenvalue weighted by molar-refractivity contribution is -0.141. The van der Waals surface area contributed by atoms with Gasteiger partial charge in [-0.2, -0.15) is 5.10 Å². The average molecular weight is 326 g/mol. The van der Waals surface area contributed by atoms with Crippen molar-refractivity contribution in [3.05, 3.63) is 58.3 Å². The minimum Gasteiger partial charge on any atom is -0.480 e. The highest BCUT2D eigenvalue weighted by atomic mass is 16.4. The number of hydrogen-bond donors (Lipinski definition) is 1. The fourth-order valence-corrected chi connectivity index (χ4v) is 2.81. The van der Waals surface area contributed by atoms with Crippen LogP contribution in [0.3, 0.4) is 0 Å². The van der Waals surface area contributed by atoms with Crippen LogP contribution in [0.5, 0.6) is 0 Å². The number of rotatable bonds is 5. The number of carbonyl (C=O) groups is 1. The van der Waals surface area contributed by atoms with Gasteiger partial charge in [0.1, 0.15) is 17.3 Å². The monoisotopic (exact) mass is 326 g/mol. The Morgan fingerprint density at radius 2 is 2.00 bits per heavy atom. The number of aliphatic carboxylic acids is 1. The first-order chi connectivity index (χ1) is 11.5.